The average molecular weight is 458 g/mol. The maximum atomic E-state index is 13.6. The van der Waals surface area contributed by atoms with Gasteiger partial charge in [0.15, 0.2) is 0 Å². The van der Waals surface area contributed by atoms with Crippen LogP contribution < -0.4 is 4.90 Å². The molecule has 0 aliphatic rings. The molecule has 0 radical (unpaired) electrons. The van der Waals surface area contributed by atoms with Crippen molar-refractivity contribution in [1.82, 2.24) is 4.98 Å². The minimum atomic E-state index is -1.09. The number of carbonyl (C=O) groups excluding carboxylic acids is 1. The lowest BCUT2D eigenvalue weighted by molar-refractivity contribution is -0.181. The van der Waals surface area contributed by atoms with Crippen LogP contribution >= 0.6 is 0 Å². The number of hydrogen-bond donors (Lipinski definition) is 2. The van der Waals surface area contributed by atoms with E-state index >= 15 is 0 Å². The van der Waals surface area contributed by atoms with Gasteiger partial charge in [0.2, 0.25) is 5.91 Å². The fourth-order valence-electron chi connectivity index (χ4n) is 4.65. The number of amides is 1. The smallest absolute Gasteiger partial charge is 0.230 e. The number of benzene rings is 1. The summed E-state index contributed by atoms with van der Waals surface area (Å²) < 4.78 is 6.09. The summed E-state index contributed by atoms with van der Waals surface area (Å²) in [7, 11) is 1.67. The highest BCUT2D eigenvalue weighted by atomic mass is 16.5. The quantitative estimate of drug-likeness (QED) is 0.551. The molecule has 1 aromatic carbocycles. The molecule has 33 heavy (non-hydrogen) atoms. The second-order valence-electron chi connectivity index (χ2n) is 8.55. The largest absolute Gasteiger partial charge is 0.393 e. The summed E-state index contributed by atoms with van der Waals surface area (Å²) >= 11 is 0. The second kappa shape index (κ2) is 12.1. The Morgan fingerprint density at radius 3 is 2.48 bits per heavy atom. The van der Waals surface area contributed by atoms with Gasteiger partial charge in [0.05, 0.1) is 34.6 Å². The van der Waals surface area contributed by atoms with E-state index in [4.69, 9.17) is 4.74 Å². The molecule has 2 rings (SSSR count). The van der Waals surface area contributed by atoms with Crippen molar-refractivity contribution in [3.63, 3.8) is 0 Å². The van der Waals surface area contributed by atoms with Gasteiger partial charge in [-0.15, -0.1) is 0 Å². The van der Waals surface area contributed by atoms with E-state index in [1.807, 2.05) is 19.9 Å². The topological polar surface area (TPSA) is 107 Å². The Balaban J connectivity index is 0.00000544. The van der Waals surface area contributed by atoms with E-state index in [-0.39, 0.29) is 13.3 Å². The fourth-order valence-corrected chi connectivity index (χ4v) is 4.65. The van der Waals surface area contributed by atoms with E-state index in [1.54, 1.807) is 52.2 Å². The summed E-state index contributed by atoms with van der Waals surface area (Å²) in [6.45, 7) is 9.41. The predicted molar refractivity (Wildman–Crippen MR) is 132 cm³/mol. The highest BCUT2D eigenvalue weighted by Crippen LogP contribution is 2.38. The predicted octanol–water partition coefficient (Wildman–Crippen LogP) is 4.29. The number of aliphatic hydroxyl groups excluding tert-OH is 2. The number of ether oxygens (including phenoxy) is 1. The monoisotopic (exact) mass is 457 g/mol. The molecule has 7 heteroatoms. The van der Waals surface area contributed by atoms with Crippen molar-refractivity contribution in [2.45, 2.75) is 72.7 Å². The molecule has 4 unspecified atom stereocenters. The third kappa shape index (κ3) is 5.70. The van der Waals surface area contributed by atoms with Crippen LogP contribution in [0.1, 0.15) is 60.5 Å². The van der Waals surface area contributed by atoms with Gasteiger partial charge >= 0.3 is 0 Å². The summed E-state index contributed by atoms with van der Waals surface area (Å²) in [5, 5.41) is 31.6. The van der Waals surface area contributed by atoms with Gasteiger partial charge < -0.3 is 19.8 Å². The molecule has 0 bridgehead atoms. The summed E-state index contributed by atoms with van der Waals surface area (Å²) in [5.74, 6) is -1.51. The Morgan fingerprint density at radius 1 is 1.27 bits per heavy atom. The van der Waals surface area contributed by atoms with Gasteiger partial charge in [0.1, 0.15) is 6.07 Å². The summed E-state index contributed by atoms with van der Waals surface area (Å²) in [6.07, 6.45) is 1.08. The fraction of sp³-hybridized carbons (Fsp3) is 0.577. The van der Waals surface area contributed by atoms with Crippen LogP contribution in [0.4, 0.5) is 5.69 Å². The number of fused-ring (bicyclic) bond motifs is 1. The van der Waals surface area contributed by atoms with Crippen LogP contribution in [0.2, 0.25) is 0 Å². The molecule has 1 amide bonds. The summed E-state index contributed by atoms with van der Waals surface area (Å²) in [5.41, 5.74) is 0.500. The van der Waals surface area contributed by atoms with E-state index in [1.165, 1.54) is 4.90 Å². The first-order valence-corrected chi connectivity index (χ1v) is 11.2. The third-order valence-electron chi connectivity index (χ3n) is 6.33. The number of nitriles is 1. The third-order valence-corrected chi connectivity index (χ3v) is 6.33. The Labute approximate surface area is 198 Å². The first kappa shape index (κ1) is 28.5. The molecular formula is C26H39N3O4. The number of nitrogens with zero attached hydrogens (tertiary/aromatic N) is 3. The highest BCUT2D eigenvalue weighted by molar-refractivity contribution is 6.04. The van der Waals surface area contributed by atoms with E-state index in [0.29, 0.717) is 35.2 Å². The van der Waals surface area contributed by atoms with Crippen LogP contribution in [0.5, 0.6) is 0 Å². The van der Waals surface area contributed by atoms with Crippen molar-refractivity contribution in [1.29, 1.82) is 5.26 Å². The van der Waals surface area contributed by atoms with Crippen LogP contribution in [0.15, 0.2) is 30.5 Å². The van der Waals surface area contributed by atoms with Crippen LogP contribution in [0, 0.1) is 23.2 Å². The molecule has 0 spiro atoms. The Hall–Kier alpha value is -2.53. The molecule has 0 aliphatic heterocycles. The molecular weight excluding hydrogens is 418 g/mol. The maximum Gasteiger partial charge on any atom is 0.230 e. The van der Waals surface area contributed by atoms with E-state index < -0.39 is 29.6 Å². The first-order valence-electron chi connectivity index (χ1n) is 11.2. The molecule has 0 aliphatic carbocycles. The van der Waals surface area contributed by atoms with E-state index in [9.17, 15) is 20.3 Å². The van der Waals surface area contributed by atoms with E-state index in [0.717, 1.165) is 6.42 Å². The maximum absolute atomic E-state index is 13.6. The van der Waals surface area contributed by atoms with Gasteiger partial charge in [-0.2, -0.15) is 5.26 Å². The van der Waals surface area contributed by atoms with Crippen molar-refractivity contribution < 1.29 is 19.7 Å². The minimum absolute atomic E-state index is 0. The Kier molecular flexibility index (Phi) is 10.4. The molecule has 7 nitrogen and oxygen atoms in total. The standard InChI is InChI=1S/C25H35N3O4.CH4/c1-7-14-32-25(5,21(30)8-2)22(17(4)29)16(3)24(31)28(6)20-12-11-18(15-26)23-19(20)10-9-13-27-23;/h9-13,16-17,21-22,29-30H,7-8,14H2,1-6H3;1H4/t16?,17-,21?,22?,25?;/m0./s1. The first-order chi connectivity index (χ1) is 15.1. The van der Waals surface area contributed by atoms with Crippen molar-refractivity contribution >= 4 is 22.5 Å². The van der Waals surface area contributed by atoms with Crippen molar-refractivity contribution in [2.75, 3.05) is 18.6 Å². The zero-order chi connectivity index (χ0) is 24.1. The van der Waals surface area contributed by atoms with Crippen LogP contribution in [0.3, 0.4) is 0 Å². The molecule has 0 saturated carbocycles. The minimum Gasteiger partial charge on any atom is -0.393 e. The van der Waals surface area contributed by atoms with Crippen molar-refractivity contribution in [2.24, 2.45) is 11.8 Å². The van der Waals surface area contributed by atoms with Crippen LogP contribution in [0.25, 0.3) is 10.9 Å². The summed E-state index contributed by atoms with van der Waals surface area (Å²) in [4.78, 5) is 19.5. The molecule has 5 atom stereocenters. The zero-order valence-corrected chi connectivity index (χ0v) is 19.9. The Morgan fingerprint density at radius 2 is 1.94 bits per heavy atom. The van der Waals surface area contributed by atoms with Crippen molar-refractivity contribution in [3.05, 3.63) is 36.0 Å². The molecule has 1 aromatic heterocycles. The molecule has 0 saturated heterocycles. The second-order valence-corrected chi connectivity index (χ2v) is 8.55. The SMILES string of the molecule is C.CCCOC(C)(C(O)CC)C(C(C)C(=O)N(C)c1ccc(C#N)c2ncccc12)[C@H](C)O. The lowest BCUT2D eigenvalue weighted by atomic mass is 9.72. The molecule has 1 heterocycles. The Bertz CT molecular complexity index is 972. The number of carbonyl (C=O) groups is 1. The van der Waals surface area contributed by atoms with Crippen molar-refractivity contribution in [3.8, 4) is 6.07 Å². The molecule has 182 valence electrons. The van der Waals surface area contributed by atoms with E-state index in [2.05, 4.69) is 11.1 Å². The number of anilines is 1. The normalized spacial score (nSPS) is 16.6. The van der Waals surface area contributed by atoms with Gasteiger partial charge in [0.25, 0.3) is 0 Å². The molecule has 0 fully saturated rings. The lowest BCUT2D eigenvalue weighted by Crippen LogP contribution is -2.56. The number of aromatic nitrogens is 1. The average Bonchev–Trinajstić information content (AvgIpc) is 2.80. The van der Waals surface area contributed by atoms with Gasteiger partial charge in [-0.1, -0.05) is 28.2 Å². The molecule has 2 N–H and O–H groups in total. The number of aliphatic hydroxyl groups is 2. The van der Waals surface area contributed by atoms with Crippen LogP contribution in [-0.4, -0.2) is 52.6 Å². The van der Waals surface area contributed by atoms with Gasteiger partial charge in [-0.25, -0.2) is 0 Å². The van der Waals surface area contributed by atoms with Gasteiger partial charge in [-0.05, 0) is 51.0 Å². The lowest BCUT2D eigenvalue weighted by Gasteiger charge is -2.45. The number of hydrogen-bond acceptors (Lipinski definition) is 6. The highest BCUT2D eigenvalue weighted by Gasteiger charge is 2.48. The van der Waals surface area contributed by atoms with Crippen LogP contribution in [-0.2, 0) is 9.53 Å². The zero-order valence-electron chi connectivity index (χ0n) is 19.9. The summed E-state index contributed by atoms with van der Waals surface area (Å²) in [6, 6.07) is 9.12. The number of pyridine rings is 1. The van der Waals surface area contributed by atoms with Gasteiger partial charge in [-0.3, -0.25) is 9.78 Å². The number of rotatable bonds is 10. The molecule has 2 aromatic rings. The van der Waals surface area contributed by atoms with Gasteiger partial charge in [0, 0.05) is 37.1 Å².